The molecule has 0 unspecified atom stereocenters. The van der Waals surface area contributed by atoms with Crippen molar-refractivity contribution >= 4 is 11.1 Å². The first-order valence-electron chi connectivity index (χ1n) is 9.73. The number of hydrogen-bond donors (Lipinski definition) is 0. The molecule has 0 aliphatic rings. The highest BCUT2D eigenvalue weighted by Crippen LogP contribution is 2.37. The van der Waals surface area contributed by atoms with Crippen molar-refractivity contribution in [2.75, 3.05) is 6.67 Å². The van der Waals surface area contributed by atoms with Gasteiger partial charge in [0.05, 0.1) is 0 Å². The number of ether oxygens (including phenoxy) is 1. The maximum absolute atomic E-state index is 14.5. The van der Waals surface area contributed by atoms with E-state index in [-0.39, 0.29) is 23.3 Å². The quantitative estimate of drug-likeness (QED) is 0.188. The van der Waals surface area contributed by atoms with E-state index in [0.717, 1.165) is 5.56 Å². The third-order valence-corrected chi connectivity index (χ3v) is 4.81. The Morgan fingerprint density at radius 1 is 0.794 bits per heavy atom. The van der Waals surface area contributed by atoms with E-state index in [2.05, 4.69) is 4.74 Å². The van der Waals surface area contributed by atoms with Gasteiger partial charge in [0.25, 0.3) is 0 Å². The standard InChI is InChI=1S/C25H16F8O/c1-14(15-5-3-2-4-6-15)7-8-16(13-26)17-9-19(27)23(20(28)10-17)25(32,33)34-18-11-21(29)24(31)22(30)12-18/h2-12H,13H2,1H3/b14-7+,16-8+. The van der Waals surface area contributed by atoms with Crippen LogP contribution in [0.15, 0.2) is 66.7 Å². The first-order chi connectivity index (χ1) is 16.0. The van der Waals surface area contributed by atoms with Crippen molar-refractivity contribution in [1.29, 1.82) is 0 Å². The van der Waals surface area contributed by atoms with Gasteiger partial charge >= 0.3 is 6.11 Å². The molecule has 0 N–H and O–H groups in total. The summed E-state index contributed by atoms with van der Waals surface area (Å²) in [7, 11) is 0. The zero-order valence-corrected chi connectivity index (χ0v) is 17.5. The summed E-state index contributed by atoms with van der Waals surface area (Å²) in [6.45, 7) is 0.572. The van der Waals surface area contributed by atoms with Crippen LogP contribution in [-0.2, 0) is 6.11 Å². The van der Waals surface area contributed by atoms with Gasteiger partial charge in [-0.2, -0.15) is 8.78 Å². The summed E-state index contributed by atoms with van der Waals surface area (Å²) < 4.78 is 115. The van der Waals surface area contributed by atoms with Gasteiger partial charge in [0.2, 0.25) is 0 Å². The van der Waals surface area contributed by atoms with Crippen molar-refractivity contribution < 1.29 is 39.9 Å². The van der Waals surface area contributed by atoms with Crippen LogP contribution in [0.4, 0.5) is 35.1 Å². The molecule has 0 aliphatic heterocycles. The fraction of sp³-hybridized carbons (Fsp3) is 0.120. The molecule has 0 heterocycles. The molecule has 0 saturated carbocycles. The number of hydrogen-bond acceptors (Lipinski definition) is 1. The topological polar surface area (TPSA) is 9.23 Å². The van der Waals surface area contributed by atoms with Crippen LogP contribution in [0.5, 0.6) is 5.75 Å². The second kappa shape index (κ2) is 10.1. The van der Waals surface area contributed by atoms with Crippen molar-refractivity contribution in [2.24, 2.45) is 0 Å². The van der Waals surface area contributed by atoms with E-state index >= 15 is 0 Å². The van der Waals surface area contributed by atoms with Crippen LogP contribution >= 0.6 is 0 Å². The van der Waals surface area contributed by atoms with Gasteiger partial charge in [0.1, 0.15) is 29.6 Å². The summed E-state index contributed by atoms with van der Waals surface area (Å²) in [6.07, 6.45) is -1.97. The monoisotopic (exact) mass is 484 g/mol. The van der Waals surface area contributed by atoms with Crippen LogP contribution in [0.2, 0.25) is 0 Å². The maximum Gasteiger partial charge on any atom is 0.432 e. The molecule has 3 aromatic carbocycles. The molecule has 0 saturated heterocycles. The van der Waals surface area contributed by atoms with Gasteiger partial charge in [-0.05, 0) is 41.3 Å². The number of halogens is 8. The van der Waals surface area contributed by atoms with Crippen molar-refractivity contribution in [1.82, 2.24) is 0 Å². The Balaban J connectivity index is 1.94. The second-order valence-electron chi connectivity index (χ2n) is 7.18. The molecule has 0 spiro atoms. The zero-order valence-electron chi connectivity index (χ0n) is 17.5. The fourth-order valence-corrected chi connectivity index (χ4v) is 3.07. The molecule has 0 fully saturated rings. The first kappa shape index (κ1) is 25.0. The lowest BCUT2D eigenvalue weighted by Gasteiger charge is -2.20. The molecule has 0 aromatic heterocycles. The van der Waals surface area contributed by atoms with Crippen LogP contribution in [0.3, 0.4) is 0 Å². The lowest BCUT2D eigenvalue weighted by atomic mass is 10.0. The minimum atomic E-state index is -4.73. The summed E-state index contributed by atoms with van der Waals surface area (Å²) in [4.78, 5) is 0. The zero-order chi connectivity index (χ0) is 25.0. The largest absolute Gasteiger partial charge is 0.432 e. The van der Waals surface area contributed by atoms with E-state index in [9.17, 15) is 35.1 Å². The molecule has 1 nitrogen and oxygen atoms in total. The van der Waals surface area contributed by atoms with Gasteiger partial charge in [-0.1, -0.05) is 42.5 Å². The molecule has 0 amide bonds. The van der Waals surface area contributed by atoms with E-state index in [4.69, 9.17) is 0 Å². The highest BCUT2D eigenvalue weighted by atomic mass is 19.3. The Labute approximate surface area is 189 Å². The third-order valence-electron chi connectivity index (χ3n) is 4.81. The van der Waals surface area contributed by atoms with E-state index in [0.29, 0.717) is 17.7 Å². The smallest absolute Gasteiger partial charge is 0.429 e. The number of alkyl halides is 3. The molecule has 0 bridgehead atoms. The Morgan fingerprint density at radius 2 is 1.35 bits per heavy atom. The number of allylic oxidation sites excluding steroid dienone is 4. The Bertz CT molecular complexity index is 1200. The molecule has 178 valence electrons. The van der Waals surface area contributed by atoms with Gasteiger partial charge in [0, 0.05) is 12.1 Å². The summed E-state index contributed by atoms with van der Waals surface area (Å²) in [5, 5.41) is 0. The molecule has 3 rings (SSSR count). The third kappa shape index (κ3) is 5.47. The first-order valence-corrected chi connectivity index (χ1v) is 9.73. The summed E-state index contributed by atoms with van der Waals surface area (Å²) in [5.74, 6) is -10.4. The van der Waals surface area contributed by atoms with Gasteiger partial charge < -0.3 is 4.74 Å². The highest BCUT2D eigenvalue weighted by molar-refractivity contribution is 5.73. The Hall–Kier alpha value is -3.62. The van der Waals surface area contributed by atoms with Crippen molar-refractivity contribution in [2.45, 2.75) is 13.0 Å². The van der Waals surface area contributed by atoms with E-state index < -0.39 is 53.2 Å². The van der Waals surface area contributed by atoms with Crippen LogP contribution in [-0.4, -0.2) is 6.67 Å². The number of benzene rings is 3. The molecular formula is C25H16F8O. The van der Waals surface area contributed by atoms with Gasteiger partial charge in [-0.3, -0.25) is 0 Å². The van der Waals surface area contributed by atoms with Crippen LogP contribution in [0.1, 0.15) is 23.6 Å². The van der Waals surface area contributed by atoms with E-state index in [1.807, 2.05) is 0 Å². The molecule has 3 aromatic rings. The predicted molar refractivity (Wildman–Crippen MR) is 111 cm³/mol. The van der Waals surface area contributed by atoms with Gasteiger partial charge in [-0.15, -0.1) is 0 Å². The molecule has 0 aliphatic carbocycles. The summed E-state index contributed by atoms with van der Waals surface area (Å²) in [5.41, 5.74) is -0.867. The Kier molecular flexibility index (Phi) is 7.44. The average Bonchev–Trinajstić information content (AvgIpc) is 2.77. The fourth-order valence-electron chi connectivity index (χ4n) is 3.07. The van der Waals surface area contributed by atoms with Gasteiger partial charge in [0.15, 0.2) is 17.5 Å². The predicted octanol–water partition coefficient (Wildman–Crippen LogP) is 7.97. The van der Waals surface area contributed by atoms with Crippen molar-refractivity contribution in [3.8, 4) is 5.75 Å². The van der Waals surface area contributed by atoms with Crippen LogP contribution in [0, 0.1) is 29.1 Å². The average molecular weight is 484 g/mol. The van der Waals surface area contributed by atoms with E-state index in [1.165, 1.54) is 12.2 Å². The molecule has 0 atom stereocenters. The molecule has 9 heteroatoms. The van der Waals surface area contributed by atoms with Gasteiger partial charge in [-0.25, -0.2) is 26.3 Å². The number of rotatable bonds is 7. The SMILES string of the molecule is C/C(=C\C=C(/CF)c1cc(F)c(C(F)(F)Oc2cc(F)c(F)c(F)c2)c(F)c1)c1ccccc1. The van der Waals surface area contributed by atoms with E-state index in [1.54, 1.807) is 37.3 Å². The molecular weight excluding hydrogens is 468 g/mol. The normalized spacial score (nSPS) is 12.7. The van der Waals surface area contributed by atoms with Crippen molar-refractivity contribution in [3.05, 3.63) is 113 Å². The molecule has 34 heavy (non-hydrogen) atoms. The lowest BCUT2D eigenvalue weighted by Crippen LogP contribution is -2.25. The molecule has 0 radical (unpaired) electrons. The minimum Gasteiger partial charge on any atom is -0.429 e. The second-order valence-corrected chi connectivity index (χ2v) is 7.18. The highest BCUT2D eigenvalue weighted by Gasteiger charge is 2.41. The minimum absolute atomic E-state index is 0.0991. The maximum atomic E-state index is 14.5. The Morgan fingerprint density at radius 3 is 1.88 bits per heavy atom. The summed E-state index contributed by atoms with van der Waals surface area (Å²) in [6, 6.07) is 10.1. The lowest BCUT2D eigenvalue weighted by molar-refractivity contribution is -0.189. The summed E-state index contributed by atoms with van der Waals surface area (Å²) >= 11 is 0. The van der Waals surface area contributed by atoms with Crippen LogP contribution < -0.4 is 4.74 Å². The van der Waals surface area contributed by atoms with Crippen LogP contribution in [0.25, 0.3) is 11.1 Å². The van der Waals surface area contributed by atoms with Crippen molar-refractivity contribution in [3.63, 3.8) is 0 Å².